The number of rotatable bonds is 8. The van der Waals surface area contributed by atoms with E-state index in [1.165, 1.54) is 17.7 Å². The first kappa shape index (κ1) is 23.9. The van der Waals surface area contributed by atoms with Crippen molar-refractivity contribution in [1.82, 2.24) is 20.5 Å². The molecule has 2 atom stereocenters. The maximum atomic E-state index is 5.70. The minimum Gasteiger partial charge on any atom is -0.490 e. The predicted octanol–water partition coefficient (Wildman–Crippen LogP) is 3.78. The molecule has 8 heteroatoms. The van der Waals surface area contributed by atoms with Crippen molar-refractivity contribution in [2.75, 3.05) is 39.8 Å². The number of hydrogen-bond acceptors (Lipinski definition) is 5. The molecule has 0 aliphatic carbocycles. The maximum Gasteiger partial charge on any atom is 0.191 e. The van der Waals surface area contributed by atoms with Crippen molar-refractivity contribution in [3.8, 4) is 5.75 Å². The van der Waals surface area contributed by atoms with Crippen LogP contribution in [-0.2, 0) is 0 Å². The maximum absolute atomic E-state index is 5.70. The number of halogens is 1. The molecule has 2 aromatic rings. The Kier molecular flexibility index (Phi) is 10.7. The van der Waals surface area contributed by atoms with E-state index in [2.05, 4.69) is 52.0 Å². The molecule has 3 heterocycles. The van der Waals surface area contributed by atoms with Gasteiger partial charge in [-0.1, -0.05) is 6.07 Å². The lowest BCUT2D eigenvalue weighted by atomic mass is 9.88. The highest BCUT2D eigenvalue weighted by Gasteiger charge is 2.31. The molecule has 0 amide bonds. The number of likely N-dealkylation sites (tertiary alicyclic amines) is 1. The zero-order valence-corrected chi connectivity index (χ0v) is 20.4. The summed E-state index contributed by atoms with van der Waals surface area (Å²) in [4.78, 5) is 12.9. The van der Waals surface area contributed by atoms with Crippen LogP contribution in [0.5, 0.6) is 5.75 Å². The van der Waals surface area contributed by atoms with Gasteiger partial charge in [0.25, 0.3) is 0 Å². The molecule has 2 aromatic heterocycles. The third-order valence-electron chi connectivity index (χ3n) is 4.97. The van der Waals surface area contributed by atoms with E-state index in [-0.39, 0.29) is 24.0 Å². The molecule has 6 nitrogen and oxygen atoms in total. The number of aromatic nitrogens is 1. The lowest BCUT2D eigenvalue weighted by molar-refractivity contribution is 0.128. The molecule has 0 spiro atoms. The van der Waals surface area contributed by atoms with Crippen LogP contribution in [0.15, 0.2) is 47.0 Å². The molecule has 1 fully saturated rings. The van der Waals surface area contributed by atoms with Crippen LogP contribution >= 0.6 is 35.3 Å². The number of ether oxygens (including phenoxy) is 1. The van der Waals surface area contributed by atoms with Gasteiger partial charge < -0.3 is 15.4 Å². The second kappa shape index (κ2) is 13.0. The van der Waals surface area contributed by atoms with Crippen molar-refractivity contribution in [3.05, 3.63) is 46.9 Å². The van der Waals surface area contributed by atoms with E-state index in [4.69, 9.17) is 9.73 Å². The number of hydrogen-bond donors (Lipinski definition) is 2. The molecular formula is C21H32IN5OS. The molecule has 0 radical (unpaired) electrons. The Labute approximate surface area is 195 Å². The molecule has 2 N–H and O–H groups in total. The van der Waals surface area contributed by atoms with Crippen LogP contribution in [0.2, 0.25) is 0 Å². The van der Waals surface area contributed by atoms with Crippen LogP contribution in [0.4, 0.5) is 0 Å². The zero-order valence-electron chi connectivity index (χ0n) is 17.2. The van der Waals surface area contributed by atoms with E-state index < -0.39 is 0 Å². The fourth-order valence-electron chi connectivity index (χ4n) is 3.68. The number of nitrogens with one attached hydrogen (secondary N) is 2. The lowest BCUT2D eigenvalue weighted by Gasteiger charge is -2.38. The molecule has 1 aliphatic rings. The molecule has 0 aromatic carbocycles. The molecule has 0 bridgehead atoms. The summed E-state index contributed by atoms with van der Waals surface area (Å²) >= 11 is 1.85. The first-order valence-electron chi connectivity index (χ1n) is 10.1. The summed E-state index contributed by atoms with van der Waals surface area (Å²) in [5.74, 6) is 2.19. The van der Waals surface area contributed by atoms with E-state index in [1.807, 2.05) is 23.5 Å². The molecule has 160 valence electrons. The minimum atomic E-state index is 0. The molecule has 1 saturated heterocycles. The van der Waals surface area contributed by atoms with Gasteiger partial charge >= 0.3 is 0 Å². The van der Waals surface area contributed by atoms with Gasteiger partial charge in [-0.15, -0.1) is 35.3 Å². The van der Waals surface area contributed by atoms with Gasteiger partial charge in [-0.2, -0.15) is 0 Å². The first-order valence-corrected chi connectivity index (χ1v) is 10.9. The fraction of sp³-hybridized carbons (Fsp3) is 0.524. The molecule has 0 saturated carbocycles. The molecule has 3 rings (SSSR count). The second-order valence-electron chi connectivity index (χ2n) is 7.03. The largest absolute Gasteiger partial charge is 0.490 e. The smallest absolute Gasteiger partial charge is 0.191 e. The molecular weight excluding hydrogens is 497 g/mol. The second-order valence-corrected chi connectivity index (χ2v) is 8.01. The van der Waals surface area contributed by atoms with Gasteiger partial charge in [0.2, 0.25) is 0 Å². The summed E-state index contributed by atoms with van der Waals surface area (Å²) in [6.45, 7) is 6.18. The van der Waals surface area contributed by atoms with Gasteiger partial charge in [-0.25, -0.2) is 0 Å². The van der Waals surface area contributed by atoms with Crippen LogP contribution in [0, 0.1) is 5.92 Å². The molecule has 29 heavy (non-hydrogen) atoms. The Bertz CT molecular complexity index is 713. The summed E-state index contributed by atoms with van der Waals surface area (Å²) in [5.41, 5.74) is 0. The van der Waals surface area contributed by atoms with Crippen LogP contribution in [0.1, 0.15) is 30.7 Å². The number of nitrogens with zero attached hydrogens (tertiary/aromatic N) is 3. The summed E-state index contributed by atoms with van der Waals surface area (Å²) in [6, 6.07) is 8.66. The van der Waals surface area contributed by atoms with E-state index in [9.17, 15) is 0 Å². The zero-order chi connectivity index (χ0) is 19.6. The average Bonchev–Trinajstić information content (AvgIpc) is 3.24. The lowest BCUT2D eigenvalue weighted by Crippen LogP contribution is -2.41. The van der Waals surface area contributed by atoms with Crippen molar-refractivity contribution in [2.45, 2.75) is 25.8 Å². The number of pyridine rings is 1. The SMILES string of the molecule is CCNC(=NCC1CCCN(C)C1c1cccs1)NCCOc1cccnc1.I. The third-order valence-corrected chi connectivity index (χ3v) is 5.91. The Morgan fingerprint density at radius 2 is 2.24 bits per heavy atom. The van der Waals surface area contributed by atoms with Gasteiger partial charge in [0.05, 0.1) is 12.7 Å². The fourth-order valence-corrected chi connectivity index (χ4v) is 4.66. The van der Waals surface area contributed by atoms with Gasteiger partial charge in [0.15, 0.2) is 5.96 Å². The Morgan fingerprint density at radius 1 is 1.34 bits per heavy atom. The van der Waals surface area contributed by atoms with Crippen LogP contribution in [0.25, 0.3) is 0 Å². The van der Waals surface area contributed by atoms with Crippen LogP contribution in [-0.4, -0.2) is 55.7 Å². The topological polar surface area (TPSA) is 61.8 Å². The highest BCUT2D eigenvalue weighted by atomic mass is 127. The summed E-state index contributed by atoms with van der Waals surface area (Å²) in [6.07, 6.45) is 5.93. The third kappa shape index (κ3) is 7.42. The number of guanidine groups is 1. The summed E-state index contributed by atoms with van der Waals surface area (Å²) < 4.78 is 5.70. The number of thiophene rings is 1. The van der Waals surface area contributed by atoms with Crippen molar-refractivity contribution in [1.29, 1.82) is 0 Å². The standard InChI is InChI=1S/C21H31N5OS.HI/c1-3-23-21(24-11-13-27-18-8-4-10-22-16-18)25-15-17-7-5-12-26(2)20(17)19-9-6-14-28-19;/h4,6,8-10,14,16-17,20H,3,5,7,11-13,15H2,1-2H3,(H2,23,24,25);1H. The van der Waals surface area contributed by atoms with Gasteiger partial charge in [0, 0.05) is 30.2 Å². The molecule has 2 unspecified atom stereocenters. The number of piperidine rings is 1. The minimum absolute atomic E-state index is 0. The van der Waals surface area contributed by atoms with E-state index in [0.29, 0.717) is 25.1 Å². The highest BCUT2D eigenvalue weighted by molar-refractivity contribution is 14.0. The monoisotopic (exact) mass is 529 g/mol. The average molecular weight is 529 g/mol. The highest BCUT2D eigenvalue weighted by Crippen LogP contribution is 2.37. The van der Waals surface area contributed by atoms with Crippen molar-refractivity contribution in [3.63, 3.8) is 0 Å². The summed E-state index contributed by atoms with van der Waals surface area (Å²) in [5, 5.41) is 8.89. The predicted molar refractivity (Wildman–Crippen MR) is 132 cm³/mol. The van der Waals surface area contributed by atoms with E-state index >= 15 is 0 Å². The van der Waals surface area contributed by atoms with E-state index in [1.54, 1.807) is 12.4 Å². The van der Waals surface area contributed by atoms with Crippen molar-refractivity contribution < 1.29 is 4.74 Å². The van der Waals surface area contributed by atoms with Crippen molar-refractivity contribution >= 4 is 41.3 Å². The molecule has 1 aliphatic heterocycles. The van der Waals surface area contributed by atoms with Crippen LogP contribution in [0.3, 0.4) is 0 Å². The quantitative estimate of drug-likeness (QED) is 0.236. The Hall–Kier alpha value is -1.39. The van der Waals surface area contributed by atoms with Gasteiger partial charge in [-0.05, 0) is 62.9 Å². The number of aliphatic imine (C=N–C) groups is 1. The Morgan fingerprint density at radius 3 is 2.97 bits per heavy atom. The normalized spacial score (nSPS) is 20.0. The summed E-state index contributed by atoms with van der Waals surface area (Å²) in [7, 11) is 2.24. The van der Waals surface area contributed by atoms with Crippen molar-refractivity contribution in [2.24, 2.45) is 10.9 Å². The van der Waals surface area contributed by atoms with E-state index in [0.717, 1.165) is 31.3 Å². The van der Waals surface area contributed by atoms with Gasteiger partial charge in [0.1, 0.15) is 12.4 Å². The van der Waals surface area contributed by atoms with Crippen LogP contribution < -0.4 is 15.4 Å². The Balaban J connectivity index is 0.00000300. The van der Waals surface area contributed by atoms with Gasteiger partial charge in [-0.3, -0.25) is 14.9 Å². The first-order chi connectivity index (χ1) is 13.8.